The van der Waals surface area contributed by atoms with Gasteiger partial charge in [0.1, 0.15) is 12.1 Å². The number of amides is 1. The number of carbonyl (C=O) groups excluding carboxylic acids is 2. The average molecular weight is 615 g/mol. The lowest BCUT2D eigenvalue weighted by molar-refractivity contribution is 0.0894. The van der Waals surface area contributed by atoms with Crippen LogP contribution in [0.1, 0.15) is 62.1 Å². The normalized spacial score (nSPS) is 14.0. The molecule has 1 aliphatic rings. The first kappa shape index (κ1) is 31.0. The number of carbonyl (C=O) groups is 2. The molecule has 0 aliphatic carbocycles. The van der Waals surface area contributed by atoms with E-state index in [9.17, 15) is 9.59 Å². The van der Waals surface area contributed by atoms with Gasteiger partial charge in [-0.15, -0.1) is 11.3 Å². The second kappa shape index (κ2) is 13.5. The third-order valence-electron chi connectivity index (χ3n) is 7.94. The molecule has 12 heteroatoms. The van der Waals surface area contributed by atoms with Crippen LogP contribution in [0, 0.1) is 0 Å². The number of ketones is 1. The second-order valence-electron chi connectivity index (χ2n) is 10.7. The molecular weight excluding hydrogens is 576 g/mol. The van der Waals surface area contributed by atoms with Crippen molar-refractivity contribution in [1.82, 2.24) is 34.8 Å². The summed E-state index contributed by atoms with van der Waals surface area (Å²) in [6.07, 6.45) is 7.66. The summed E-state index contributed by atoms with van der Waals surface area (Å²) in [5.74, 6) is 0.427. The van der Waals surface area contributed by atoms with Crippen LogP contribution in [-0.2, 0) is 0 Å². The molecule has 0 radical (unpaired) electrons. The first-order valence-corrected chi connectivity index (χ1v) is 15.4. The molecule has 0 saturated carbocycles. The molecule has 1 aliphatic heterocycles. The predicted molar refractivity (Wildman–Crippen MR) is 172 cm³/mol. The van der Waals surface area contributed by atoms with E-state index in [1.165, 1.54) is 12.5 Å². The first-order valence-electron chi connectivity index (χ1n) is 14.6. The lowest BCUT2D eigenvalue weighted by Crippen LogP contribution is -2.59. The number of Topliss-reactive ketones (excluding diaryl/α,β-unsaturated/α-hetero) is 1. The van der Waals surface area contributed by atoms with Crippen LogP contribution in [0.4, 0.5) is 5.82 Å². The number of hydrogen-bond acceptors (Lipinski definition) is 10. The number of nitrogens with one attached hydrogen (secondary N) is 1. The Morgan fingerprint density at radius 3 is 2.68 bits per heavy atom. The van der Waals surface area contributed by atoms with E-state index >= 15 is 0 Å². The van der Waals surface area contributed by atoms with Gasteiger partial charge < -0.3 is 19.5 Å². The summed E-state index contributed by atoms with van der Waals surface area (Å²) in [5.41, 5.74) is 3.52. The Morgan fingerprint density at radius 2 is 1.98 bits per heavy atom. The highest BCUT2D eigenvalue weighted by atomic mass is 32.1. The number of aromatic nitrogens is 5. The molecule has 1 saturated heterocycles. The maximum atomic E-state index is 13.6. The molecule has 6 heterocycles. The summed E-state index contributed by atoms with van der Waals surface area (Å²) in [6, 6.07) is 9.91. The summed E-state index contributed by atoms with van der Waals surface area (Å²) >= 11 is 1.63. The number of hydrogen-bond donors (Lipinski definition) is 1. The van der Waals surface area contributed by atoms with Crippen molar-refractivity contribution in [3.8, 4) is 21.8 Å². The molecule has 230 valence electrons. The summed E-state index contributed by atoms with van der Waals surface area (Å²) in [4.78, 5) is 45.3. The Morgan fingerprint density at radius 1 is 1.16 bits per heavy atom. The van der Waals surface area contributed by atoms with Crippen LogP contribution in [0.15, 0.2) is 65.0 Å². The standard InChI is InChI=1S/C31H34N8O3S.CH4/c1-4-37(5-2)20(3)8-9-26(40)21-15-25(23-17-33-39-12-10-24(36-29(23)39)27-7-6-14-43-27)35-28(16-21)38-18-22(19-38)34-30(41)31-32-11-13-42-31;/h6-7,10-17,20,22H,4-5,8-9,18-19H2,1-3H3,(H,34,41);1H4/t20-;/m0./s1. The second-order valence-corrected chi connectivity index (χ2v) is 11.6. The maximum Gasteiger partial charge on any atom is 0.307 e. The predicted octanol–water partition coefficient (Wildman–Crippen LogP) is 5.46. The van der Waals surface area contributed by atoms with E-state index in [2.05, 4.69) is 46.0 Å². The van der Waals surface area contributed by atoms with Crippen LogP contribution in [0.2, 0.25) is 0 Å². The van der Waals surface area contributed by atoms with E-state index in [4.69, 9.17) is 14.4 Å². The summed E-state index contributed by atoms with van der Waals surface area (Å²) in [5, 5.41) is 9.48. The van der Waals surface area contributed by atoms with Gasteiger partial charge in [-0.3, -0.25) is 9.59 Å². The fourth-order valence-electron chi connectivity index (χ4n) is 5.44. The highest BCUT2D eigenvalue weighted by Gasteiger charge is 2.31. The van der Waals surface area contributed by atoms with Gasteiger partial charge in [-0.1, -0.05) is 27.3 Å². The van der Waals surface area contributed by atoms with Crippen LogP contribution in [0.3, 0.4) is 0 Å². The molecule has 6 rings (SSSR count). The van der Waals surface area contributed by atoms with Gasteiger partial charge in [0, 0.05) is 37.3 Å². The van der Waals surface area contributed by atoms with E-state index in [0.29, 0.717) is 48.3 Å². The number of pyridine rings is 1. The van der Waals surface area contributed by atoms with Crippen LogP contribution in [0.5, 0.6) is 0 Å². The zero-order chi connectivity index (χ0) is 29.9. The summed E-state index contributed by atoms with van der Waals surface area (Å²) in [7, 11) is 0. The first-order chi connectivity index (χ1) is 20.9. The SMILES string of the molecule is C.CCN(CC)[C@@H](C)CCC(=O)c1cc(-c2cnn3ccc(-c4cccs4)nc23)nc(N2CC(NC(=O)c3ncco3)C2)c1. The third-order valence-corrected chi connectivity index (χ3v) is 8.84. The van der Waals surface area contributed by atoms with Gasteiger partial charge in [0.2, 0.25) is 0 Å². The lowest BCUT2D eigenvalue weighted by atomic mass is 10.0. The summed E-state index contributed by atoms with van der Waals surface area (Å²) < 4.78 is 6.84. The molecule has 1 fully saturated rings. The van der Waals surface area contributed by atoms with Gasteiger partial charge >= 0.3 is 5.91 Å². The molecule has 1 N–H and O–H groups in total. The smallest absolute Gasteiger partial charge is 0.307 e. The molecule has 5 aromatic heterocycles. The molecule has 44 heavy (non-hydrogen) atoms. The Bertz CT molecular complexity index is 1710. The minimum atomic E-state index is -0.353. The van der Waals surface area contributed by atoms with Gasteiger partial charge in [0.25, 0.3) is 5.89 Å². The number of oxazole rings is 1. The van der Waals surface area contributed by atoms with E-state index < -0.39 is 0 Å². The van der Waals surface area contributed by atoms with Gasteiger partial charge in [-0.05, 0) is 56.1 Å². The van der Waals surface area contributed by atoms with Crippen molar-refractivity contribution in [1.29, 1.82) is 0 Å². The third kappa shape index (κ3) is 6.41. The molecule has 0 bridgehead atoms. The molecule has 0 spiro atoms. The Balaban J connectivity index is 0.00000384. The van der Waals surface area contributed by atoms with Crippen molar-refractivity contribution in [2.75, 3.05) is 31.1 Å². The molecule has 1 amide bonds. The fraction of sp³-hybridized carbons (Fsp3) is 0.375. The quantitative estimate of drug-likeness (QED) is 0.183. The van der Waals surface area contributed by atoms with E-state index in [1.807, 2.05) is 41.9 Å². The van der Waals surface area contributed by atoms with Gasteiger partial charge in [-0.25, -0.2) is 19.5 Å². The minimum absolute atomic E-state index is 0. The average Bonchev–Trinajstić information content (AvgIpc) is 3.80. The number of fused-ring (bicyclic) bond motifs is 1. The van der Waals surface area contributed by atoms with Crippen molar-refractivity contribution >= 4 is 34.5 Å². The topological polar surface area (TPSA) is 122 Å². The number of rotatable bonds is 12. The Labute approximate surface area is 261 Å². The molecule has 0 aromatic carbocycles. The minimum Gasteiger partial charge on any atom is -0.441 e. The monoisotopic (exact) mass is 614 g/mol. The largest absolute Gasteiger partial charge is 0.441 e. The molecule has 0 unspecified atom stereocenters. The van der Waals surface area contributed by atoms with E-state index in [-0.39, 0.29) is 31.0 Å². The highest BCUT2D eigenvalue weighted by molar-refractivity contribution is 7.13. The van der Waals surface area contributed by atoms with Crippen molar-refractivity contribution in [2.45, 2.75) is 53.1 Å². The van der Waals surface area contributed by atoms with Crippen molar-refractivity contribution < 1.29 is 14.0 Å². The maximum absolute atomic E-state index is 13.6. The van der Waals surface area contributed by atoms with Gasteiger partial charge in [0.15, 0.2) is 11.4 Å². The fourth-order valence-corrected chi connectivity index (χ4v) is 6.14. The number of nitrogens with zero attached hydrogens (tertiary/aromatic N) is 7. The lowest BCUT2D eigenvalue weighted by Gasteiger charge is -2.40. The molecule has 5 aromatic rings. The van der Waals surface area contributed by atoms with E-state index in [0.717, 1.165) is 35.6 Å². The number of thiophene rings is 1. The number of anilines is 1. The van der Waals surface area contributed by atoms with E-state index in [1.54, 1.807) is 22.0 Å². The molecule has 1 atom stereocenters. The molecular formula is C32H38N8O3S. The van der Waals surface area contributed by atoms with Crippen LogP contribution in [0.25, 0.3) is 27.5 Å². The zero-order valence-electron chi connectivity index (χ0n) is 24.4. The summed E-state index contributed by atoms with van der Waals surface area (Å²) in [6.45, 7) is 9.46. The van der Waals surface area contributed by atoms with Crippen LogP contribution in [-0.4, -0.2) is 79.4 Å². The highest BCUT2D eigenvalue weighted by Crippen LogP contribution is 2.30. The van der Waals surface area contributed by atoms with Crippen molar-refractivity contribution in [3.63, 3.8) is 0 Å². The van der Waals surface area contributed by atoms with Gasteiger partial charge in [0.05, 0.1) is 40.3 Å². The van der Waals surface area contributed by atoms with Crippen LogP contribution >= 0.6 is 11.3 Å². The molecule has 11 nitrogen and oxygen atoms in total. The van der Waals surface area contributed by atoms with Crippen LogP contribution < -0.4 is 10.2 Å². The Hall–Kier alpha value is -4.42. The zero-order valence-corrected chi connectivity index (χ0v) is 25.3. The Kier molecular flexibility index (Phi) is 9.50. The van der Waals surface area contributed by atoms with Crippen molar-refractivity contribution in [3.05, 3.63) is 72.0 Å². The van der Waals surface area contributed by atoms with Gasteiger partial charge in [-0.2, -0.15) is 5.10 Å². The van der Waals surface area contributed by atoms with Crippen molar-refractivity contribution in [2.24, 2.45) is 0 Å².